The third kappa shape index (κ3) is 4.24. The molecule has 1 unspecified atom stereocenters. The van der Waals surface area contributed by atoms with Crippen molar-refractivity contribution in [2.45, 2.75) is 52.0 Å². The molecule has 0 aliphatic heterocycles. The van der Waals surface area contributed by atoms with Gasteiger partial charge in [0.1, 0.15) is 0 Å². The first-order chi connectivity index (χ1) is 10.0. The topological polar surface area (TPSA) is 38.0 Å². The van der Waals surface area contributed by atoms with Gasteiger partial charge in [-0.25, -0.2) is 8.78 Å². The largest absolute Gasteiger partial charge is 0.271 e. The fourth-order valence-electron chi connectivity index (χ4n) is 3.50. The van der Waals surface area contributed by atoms with Crippen LogP contribution >= 0.6 is 0 Å². The number of benzene rings is 1. The zero-order valence-electron chi connectivity index (χ0n) is 12.9. The fraction of sp³-hybridized carbons (Fsp3) is 0.647. The molecule has 2 nitrogen and oxygen atoms in total. The molecule has 0 saturated heterocycles. The van der Waals surface area contributed by atoms with E-state index >= 15 is 0 Å². The van der Waals surface area contributed by atoms with Gasteiger partial charge in [-0.1, -0.05) is 19.9 Å². The monoisotopic (exact) mass is 296 g/mol. The van der Waals surface area contributed by atoms with E-state index in [9.17, 15) is 8.78 Å². The molecule has 3 N–H and O–H groups in total. The van der Waals surface area contributed by atoms with Crippen molar-refractivity contribution in [3.63, 3.8) is 0 Å². The minimum absolute atomic E-state index is 0.128. The van der Waals surface area contributed by atoms with Crippen LogP contribution < -0.4 is 11.3 Å². The minimum atomic E-state index is -0.798. The van der Waals surface area contributed by atoms with Crippen molar-refractivity contribution in [1.29, 1.82) is 0 Å². The van der Waals surface area contributed by atoms with Gasteiger partial charge in [0, 0.05) is 6.04 Å². The SMILES string of the molecule is CC(C)C1CCC(C(Cc2ccc(F)c(F)c2)NN)CC1. The molecular formula is C17H26F2N2. The maximum absolute atomic E-state index is 13.3. The second-order valence-corrected chi connectivity index (χ2v) is 6.64. The summed E-state index contributed by atoms with van der Waals surface area (Å²) in [5.41, 5.74) is 3.68. The summed E-state index contributed by atoms with van der Waals surface area (Å²) in [6, 6.07) is 4.23. The highest BCUT2D eigenvalue weighted by Crippen LogP contribution is 2.35. The van der Waals surface area contributed by atoms with E-state index in [-0.39, 0.29) is 6.04 Å². The molecule has 118 valence electrons. The van der Waals surface area contributed by atoms with Crippen molar-refractivity contribution in [3.8, 4) is 0 Å². The Morgan fingerprint density at radius 3 is 2.24 bits per heavy atom. The highest BCUT2D eigenvalue weighted by atomic mass is 19.2. The van der Waals surface area contributed by atoms with Crippen molar-refractivity contribution in [2.24, 2.45) is 23.6 Å². The van der Waals surface area contributed by atoms with Gasteiger partial charge in [0.15, 0.2) is 11.6 Å². The molecule has 0 bridgehead atoms. The Labute approximate surface area is 126 Å². The average molecular weight is 296 g/mol. The Bertz CT molecular complexity index is 454. The standard InChI is InChI=1S/C17H26F2N2/c1-11(2)13-4-6-14(7-5-13)17(21-20)10-12-3-8-15(18)16(19)9-12/h3,8-9,11,13-14,17,21H,4-7,10,20H2,1-2H3. The summed E-state index contributed by atoms with van der Waals surface area (Å²) in [7, 11) is 0. The van der Waals surface area contributed by atoms with Crippen molar-refractivity contribution >= 4 is 0 Å². The zero-order valence-corrected chi connectivity index (χ0v) is 12.9. The first-order valence-electron chi connectivity index (χ1n) is 7.91. The lowest BCUT2D eigenvalue weighted by molar-refractivity contribution is 0.188. The summed E-state index contributed by atoms with van der Waals surface area (Å²) < 4.78 is 26.3. The highest BCUT2D eigenvalue weighted by molar-refractivity contribution is 5.19. The molecule has 1 aromatic rings. The second-order valence-electron chi connectivity index (χ2n) is 6.64. The molecule has 0 spiro atoms. The molecule has 21 heavy (non-hydrogen) atoms. The smallest absolute Gasteiger partial charge is 0.159 e. The molecule has 0 amide bonds. The molecule has 1 aromatic carbocycles. The van der Waals surface area contributed by atoms with Crippen LogP contribution in [0.1, 0.15) is 45.1 Å². The summed E-state index contributed by atoms with van der Waals surface area (Å²) >= 11 is 0. The Kier molecular flexibility index (Phi) is 5.71. The number of nitrogens with one attached hydrogen (secondary N) is 1. The Balaban J connectivity index is 1.95. The Morgan fingerprint density at radius 1 is 1.10 bits per heavy atom. The van der Waals surface area contributed by atoms with Crippen molar-refractivity contribution in [2.75, 3.05) is 0 Å². The Morgan fingerprint density at radius 2 is 1.71 bits per heavy atom. The van der Waals surface area contributed by atoms with Crippen molar-refractivity contribution in [1.82, 2.24) is 5.43 Å². The van der Waals surface area contributed by atoms with E-state index in [2.05, 4.69) is 19.3 Å². The Hall–Kier alpha value is -1.00. The predicted octanol–water partition coefficient (Wildman–Crippen LogP) is 3.80. The van der Waals surface area contributed by atoms with Crippen LogP contribution in [0.3, 0.4) is 0 Å². The van der Waals surface area contributed by atoms with E-state index in [0.29, 0.717) is 12.3 Å². The summed E-state index contributed by atoms with van der Waals surface area (Å²) in [5, 5.41) is 0. The minimum Gasteiger partial charge on any atom is -0.271 e. The summed E-state index contributed by atoms with van der Waals surface area (Å²) in [6.07, 6.45) is 5.42. The van der Waals surface area contributed by atoms with E-state index in [4.69, 9.17) is 5.84 Å². The van der Waals surface area contributed by atoms with Crippen LogP contribution in [0.4, 0.5) is 8.78 Å². The highest BCUT2D eigenvalue weighted by Gasteiger charge is 2.28. The lowest BCUT2D eigenvalue weighted by atomic mass is 9.74. The fourth-order valence-corrected chi connectivity index (χ4v) is 3.50. The van der Waals surface area contributed by atoms with E-state index in [0.717, 1.165) is 30.2 Å². The van der Waals surface area contributed by atoms with Gasteiger partial charge in [-0.15, -0.1) is 0 Å². The van der Waals surface area contributed by atoms with Gasteiger partial charge in [0.25, 0.3) is 0 Å². The number of hydrogen-bond acceptors (Lipinski definition) is 2. The maximum Gasteiger partial charge on any atom is 0.159 e. The molecule has 0 aromatic heterocycles. The molecule has 1 atom stereocenters. The normalized spacial score (nSPS) is 24.3. The van der Waals surface area contributed by atoms with Crippen LogP contribution in [0.2, 0.25) is 0 Å². The number of rotatable bonds is 5. The van der Waals surface area contributed by atoms with Crippen LogP contribution in [-0.2, 0) is 6.42 Å². The number of hydrazine groups is 1. The molecule has 1 aliphatic carbocycles. The van der Waals surface area contributed by atoms with E-state index < -0.39 is 11.6 Å². The van der Waals surface area contributed by atoms with Crippen molar-refractivity contribution < 1.29 is 8.78 Å². The van der Waals surface area contributed by atoms with Gasteiger partial charge in [0.05, 0.1) is 0 Å². The molecule has 1 saturated carbocycles. The summed E-state index contributed by atoms with van der Waals surface area (Å²) in [5.74, 6) is 6.17. The average Bonchev–Trinajstić information content (AvgIpc) is 2.48. The van der Waals surface area contributed by atoms with Crippen molar-refractivity contribution in [3.05, 3.63) is 35.4 Å². The first-order valence-corrected chi connectivity index (χ1v) is 7.91. The predicted molar refractivity (Wildman–Crippen MR) is 81.5 cm³/mol. The van der Waals surface area contributed by atoms with Crippen LogP contribution in [0.15, 0.2) is 18.2 Å². The molecule has 4 heteroatoms. The molecule has 1 aliphatic rings. The van der Waals surface area contributed by atoms with E-state index in [1.807, 2.05) is 0 Å². The molecule has 1 fully saturated rings. The first kappa shape index (κ1) is 16.4. The summed E-state index contributed by atoms with van der Waals surface area (Å²) in [6.45, 7) is 4.57. The van der Waals surface area contributed by atoms with Crippen LogP contribution in [0.25, 0.3) is 0 Å². The van der Waals surface area contributed by atoms with Gasteiger partial charge in [-0.3, -0.25) is 11.3 Å². The number of hydrogen-bond donors (Lipinski definition) is 2. The second kappa shape index (κ2) is 7.32. The van der Waals surface area contributed by atoms with Crippen LogP contribution in [0, 0.1) is 29.4 Å². The lowest BCUT2D eigenvalue weighted by Crippen LogP contribution is -2.44. The van der Waals surface area contributed by atoms with Gasteiger partial charge in [0.2, 0.25) is 0 Å². The molecule has 0 heterocycles. The van der Waals surface area contributed by atoms with E-state index in [1.54, 1.807) is 6.07 Å². The van der Waals surface area contributed by atoms with Gasteiger partial charge in [-0.05, 0) is 67.6 Å². The summed E-state index contributed by atoms with van der Waals surface area (Å²) in [4.78, 5) is 0. The third-order valence-corrected chi connectivity index (χ3v) is 4.98. The van der Waals surface area contributed by atoms with Gasteiger partial charge < -0.3 is 0 Å². The van der Waals surface area contributed by atoms with E-state index in [1.165, 1.54) is 25.0 Å². The number of halogens is 2. The zero-order chi connectivity index (χ0) is 15.4. The van der Waals surface area contributed by atoms with Gasteiger partial charge in [-0.2, -0.15) is 0 Å². The molecule has 0 radical (unpaired) electrons. The third-order valence-electron chi connectivity index (χ3n) is 4.98. The van der Waals surface area contributed by atoms with Crippen LogP contribution in [-0.4, -0.2) is 6.04 Å². The lowest BCUT2D eigenvalue weighted by Gasteiger charge is -2.35. The van der Waals surface area contributed by atoms with Gasteiger partial charge >= 0.3 is 0 Å². The molecule has 2 rings (SSSR count). The number of nitrogens with two attached hydrogens (primary N) is 1. The molecular weight excluding hydrogens is 270 g/mol. The maximum atomic E-state index is 13.3. The quantitative estimate of drug-likeness (QED) is 0.640. The van der Waals surface area contributed by atoms with Crippen LogP contribution in [0.5, 0.6) is 0 Å².